The maximum absolute atomic E-state index is 15.4. The normalized spacial score (nSPS) is 11.4. The summed E-state index contributed by atoms with van der Waals surface area (Å²) in [5.74, 6) is -71.8. The molecular weight excluding hydrogens is 913 g/mol. The third-order valence-corrected chi connectivity index (χ3v) is 9.12. The van der Waals surface area contributed by atoms with E-state index in [9.17, 15) is 67.6 Å². The monoisotopic (exact) mass is 923 g/mol. The SMILES string of the molecule is Fc1c(F)c(F)c([B-](c2c(F)c(F)c(F)c(F)c2F)(c2c(F)c(F)c(F)c(F)c2F)c2c(F)c(F)c(F)c(F)c2F)c(F)c1F.O=C(C[n+]1ccncc1[N+](=O)[O-])c1ccccc1. The molecule has 6 aromatic rings. The van der Waals surface area contributed by atoms with E-state index in [4.69, 9.17) is 0 Å². The third kappa shape index (κ3) is 7.42. The predicted octanol–water partition coefficient (Wildman–Crippen LogP) is 7.01. The molecule has 0 saturated heterocycles. The summed E-state index contributed by atoms with van der Waals surface area (Å²) in [6, 6.07) is 8.66. The molecule has 0 aliphatic heterocycles. The predicted molar refractivity (Wildman–Crippen MR) is 171 cm³/mol. The Morgan fingerprint density at radius 1 is 0.476 bits per heavy atom. The standard InChI is InChI=1S/C24BF20.C12H10N3O3/c26-5-1(6(27)14(35)21(42)13(5)34)25(2-7(28)15(36)22(43)16(37)8(2)29,3-9(30)17(38)23(44)18(39)10(3)31)4-11(32)19(40)24(45)20(41)12(4)33;16-11(10-4-2-1-3-5-10)9-14-7-6-13-8-12(14)15(17)18/h;1-8H,9H2/q-1;+1. The first-order valence-corrected chi connectivity index (χ1v) is 16.2. The number of ketones is 1. The Labute approximate surface area is 334 Å². The van der Waals surface area contributed by atoms with Gasteiger partial charge in [-0.05, 0) is 0 Å². The molecule has 0 spiro atoms. The molecule has 1 aromatic heterocycles. The molecule has 0 amide bonds. The zero-order valence-corrected chi connectivity index (χ0v) is 29.5. The van der Waals surface area contributed by atoms with E-state index in [1.807, 2.05) is 0 Å². The Morgan fingerprint density at radius 3 is 1.02 bits per heavy atom. The Hall–Kier alpha value is -7.09. The molecule has 27 heteroatoms. The van der Waals surface area contributed by atoms with Crippen LogP contribution in [0, 0.1) is 126 Å². The summed E-state index contributed by atoms with van der Waals surface area (Å²) in [5.41, 5.74) is -13.8. The van der Waals surface area contributed by atoms with Gasteiger partial charge >= 0.3 is 5.82 Å². The summed E-state index contributed by atoms with van der Waals surface area (Å²) in [6.45, 7) is -0.0805. The van der Waals surface area contributed by atoms with Crippen molar-refractivity contribution in [1.29, 1.82) is 0 Å². The summed E-state index contributed by atoms with van der Waals surface area (Å²) in [7, 11) is 0. The molecule has 0 radical (unpaired) electrons. The third-order valence-electron chi connectivity index (χ3n) is 9.12. The highest BCUT2D eigenvalue weighted by Crippen LogP contribution is 2.30. The number of Topliss-reactive ketones (excluding diaryl/α,β-unsaturated/α-hetero) is 1. The molecule has 330 valence electrons. The highest BCUT2D eigenvalue weighted by molar-refractivity contribution is 7.20. The molecule has 63 heavy (non-hydrogen) atoms. The first-order chi connectivity index (χ1) is 29.4. The van der Waals surface area contributed by atoms with Crippen LogP contribution < -0.4 is 26.4 Å². The second kappa shape index (κ2) is 17.4. The van der Waals surface area contributed by atoms with Gasteiger partial charge in [-0.1, -0.05) is 30.3 Å². The van der Waals surface area contributed by atoms with E-state index >= 15 is 35.1 Å². The van der Waals surface area contributed by atoms with Crippen molar-refractivity contribution in [3.8, 4) is 0 Å². The van der Waals surface area contributed by atoms with Gasteiger partial charge in [0.15, 0.2) is 82.2 Å². The largest absolute Gasteiger partial charge is 0.520 e. The zero-order chi connectivity index (χ0) is 47.3. The minimum Gasteiger partial charge on any atom is -0.287 e. The second-order valence-corrected chi connectivity index (χ2v) is 12.4. The Bertz CT molecular complexity index is 2500. The van der Waals surface area contributed by atoms with Gasteiger partial charge in [0.05, 0.1) is 6.20 Å². The number of carbonyl (C=O) groups excluding carboxylic acids is 1. The summed E-state index contributed by atoms with van der Waals surface area (Å²) in [6.07, 6.45) is -3.27. The quantitative estimate of drug-likeness (QED) is 0.0241. The molecule has 0 unspecified atom stereocenters. The van der Waals surface area contributed by atoms with Gasteiger partial charge in [0, 0.05) is 5.56 Å². The topological polar surface area (TPSA) is 77.0 Å². The Morgan fingerprint density at radius 2 is 0.746 bits per heavy atom. The van der Waals surface area contributed by atoms with Crippen molar-refractivity contribution in [2.75, 3.05) is 0 Å². The smallest absolute Gasteiger partial charge is 0.287 e. The van der Waals surface area contributed by atoms with Gasteiger partial charge in [-0.15, -0.1) is 26.4 Å². The highest BCUT2D eigenvalue weighted by atomic mass is 19.2. The van der Waals surface area contributed by atoms with Gasteiger partial charge in [0.2, 0.25) is 12.3 Å². The number of benzene rings is 5. The first-order valence-electron chi connectivity index (χ1n) is 16.2. The summed E-state index contributed by atoms with van der Waals surface area (Å²) < 4.78 is 295. The van der Waals surface area contributed by atoms with E-state index in [-0.39, 0.29) is 18.1 Å². The van der Waals surface area contributed by atoms with Crippen molar-refractivity contribution in [2.45, 2.75) is 6.54 Å². The fourth-order valence-corrected chi connectivity index (χ4v) is 6.41. The van der Waals surface area contributed by atoms with E-state index in [0.717, 1.165) is 6.20 Å². The lowest BCUT2D eigenvalue weighted by molar-refractivity contribution is -0.725. The lowest BCUT2D eigenvalue weighted by Crippen LogP contribution is -2.81. The number of halogens is 20. The number of rotatable bonds is 8. The van der Waals surface area contributed by atoms with Crippen LogP contribution in [0.15, 0.2) is 48.9 Å². The molecule has 5 aromatic carbocycles. The van der Waals surface area contributed by atoms with E-state index in [1.165, 1.54) is 17.0 Å². The number of aromatic nitrogens is 2. The number of hydrogen-bond acceptors (Lipinski definition) is 4. The number of nitrogens with zero attached hydrogens (tertiary/aromatic N) is 3. The average molecular weight is 923 g/mol. The Kier molecular flexibility index (Phi) is 12.9. The van der Waals surface area contributed by atoms with Gasteiger partial charge in [0.1, 0.15) is 57.6 Å². The minimum absolute atomic E-state index is 0.0805. The van der Waals surface area contributed by atoms with Gasteiger partial charge in [-0.3, -0.25) is 14.9 Å². The van der Waals surface area contributed by atoms with Crippen LogP contribution >= 0.6 is 0 Å². The van der Waals surface area contributed by atoms with Crippen LogP contribution in [0.3, 0.4) is 0 Å². The zero-order valence-electron chi connectivity index (χ0n) is 29.5. The van der Waals surface area contributed by atoms with E-state index < -0.39 is 149 Å². The van der Waals surface area contributed by atoms with Crippen LogP contribution in [-0.4, -0.2) is 21.8 Å². The fourth-order valence-electron chi connectivity index (χ4n) is 6.41. The van der Waals surface area contributed by atoms with Crippen molar-refractivity contribution in [1.82, 2.24) is 4.98 Å². The minimum atomic E-state index is -7.22. The van der Waals surface area contributed by atoms with Crippen molar-refractivity contribution >= 4 is 39.6 Å². The van der Waals surface area contributed by atoms with Crippen molar-refractivity contribution in [2.24, 2.45) is 0 Å². The van der Waals surface area contributed by atoms with Crippen LogP contribution in [0.2, 0.25) is 0 Å². The van der Waals surface area contributed by atoms with E-state index in [2.05, 4.69) is 4.98 Å². The number of nitro groups is 1. The van der Waals surface area contributed by atoms with Gasteiger partial charge < -0.3 is 0 Å². The molecule has 0 saturated carbocycles. The maximum atomic E-state index is 15.4. The molecule has 0 atom stereocenters. The molecule has 0 fully saturated rings. The van der Waals surface area contributed by atoms with Crippen molar-refractivity contribution in [3.63, 3.8) is 0 Å². The molecule has 0 N–H and O–H groups in total. The fraction of sp³-hybridized carbons (Fsp3) is 0.0278. The van der Waals surface area contributed by atoms with E-state index in [1.54, 1.807) is 30.3 Å². The lowest BCUT2D eigenvalue weighted by atomic mass is 9.12. The average Bonchev–Trinajstić information content (AvgIpc) is 3.26. The van der Waals surface area contributed by atoms with Gasteiger partial charge in [-0.25, -0.2) is 92.8 Å². The second-order valence-electron chi connectivity index (χ2n) is 12.4. The molecule has 0 aliphatic rings. The lowest BCUT2D eigenvalue weighted by Gasteiger charge is -2.44. The van der Waals surface area contributed by atoms with Gasteiger partial charge in [0.25, 0.3) is 0 Å². The maximum Gasteiger partial charge on any atom is 0.520 e. The van der Waals surface area contributed by atoms with Crippen LogP contribution in [0.4, 0.5) is 93.6 Å². The van der Waals surface area contributed by atoms with Crippen LogP contribution in [0.1, 0.15) is 10.4 Å². The molecule has 6 rings (SSSR count). The molecule has 0 aliphatic carbocycles. The summed E-state index contributed by atoms with van der Waals surface area (Å²) >= 11 is 0. The van der Waals surface area contributed by atoms with Crippen molar-refractivity contribution in [3.05, 3.63) is 181 Å². The van der Waals surface area contributed by atoms with Crippen LogP contribution in [0.5, 0.6) is 0 Å². The summed E-state index contributed by atoms with van der Waals surface area (Å²) in [4.78, 5) is 25.8. The summed E-state index contributed by atoms with van der Waals surface area (Å²) in [5, 5.41) is 10.8. The van der Waals surface area contributed by atoms with Gasteiger partial charge in [-0.2, -0.15) is 0 Å². The molecule has 0 bridgehead atoms. The van der Waals surface area contributed by atoms with E-state index in [0.29, 0.717) is 5.56 Å². The highest BCUT2D eigenvalue weighted by Gasteiger charge is 2.52. The molecule has 1 heterocycles. The first kappa shape index (κ1) is 47.0. The molecular formula is C36H10BF20N3O3. The number of carbonyl (C=O) groups is 1. The van der Waals surface area contributed by atoms with Crippen molar-refractivity contribution < 1.29 is 102 Å². The Balaban J connectivity index is 0.000000345. The molecule has 6 nitrogen and oxygen atoms in total. The van der Waals surface area contributed by atoms with Crippen LogP contribution in [0.25, 0.3) is 0 Å². The van der Waals surface area contributed by atoms with Crippen LogP contribution in [-0.2, 0) is 6.54 Å². The number of hydrogen-bond donors (Lipinski definition) is 0.